The minimum atomic E-state index is -0.369. The number of aryl methyl sites for hydroxylation is 1. The number of aromatic nitrogens is 2. The highest BCUT2D eigenvalue weighted by molar-refractivity contribution is 8.18. The van der Waals surface area contributed by atoms with Crippen LogP contribution in [0, 0.1) is 5.92 Å². The largest absolute Gasteiger partial charge is 0.472 e. The van der Waals surface area contributed by atoms with Crippen molar-refractivity contribution in [2.75, 3.05) is 18.0 Å². The molecule has 1 N–H and O–H groups in total. The summed E-state index contributed by atoms with van der Waals surface area (Å²) in [6.07, 6.45) is 12.6. The van der Waals surface area contributed by atoms with Gasteiger partial charge in [-0.25, -0.2) is 9.97 Å². The first kappa shape index (κ1) is 18.7. The molecule has 2 fully saturated rings. The average molecular weight is 398 g/mol. The lowest BCUT2D eigenvalue weighted by atomic mass is 9.91. The van der Waals surface area contributed by atoms with E-state index in [1.54, 1.807) is 24.6 Å². The summed E-state index contributed by atoms with van der Waals surface area (Å²) in [5.74, 6) is 1.05. The summed E-state index contributed by atoms with van der Waals surface area (Å²) >= 11 is 0.898. The Morgan fingerprint density at radius 1 is 1.29 bits per heavy atom. The van der Waals surface area contributed by atoms with Gasteiger partial charge in [0.2, 0.25) is 5.95 Å². The predicted octanol–water partition coefficient (Wildman–Crippen LogP) is 3.63. The van der Waals surface area contributed by atoms with E-state index in [4.69, 9.17) is 4.42 Å². The highest BCUT2D eigenvalue weighted by Crippen LogP contribution is 2.27. The molecule has 0 radical (unpaired) electrons. The maximum atomic E-state index is 11.7. The molecule has 0 saturated carbocycles. The fourth-order valence-corrected chi connectivity index (χ4v) is 4.27. The average Bonchev–Trinajstić information content (AvgIpc) is 3.32. The number of piperidine rings is 1. The van der Waals surface area contributed by atoms with Gasteiger partial charge in [-0.1, -0.05) is 0 Å². The van der Waals surface area contributed by atoms with Crippen LogP contribution < -0.4 is 10.2 Å². The van der Waals surface area contributed by atoms with Gasteiger partial charge in [-0.15, -0.1) is 0 Å². The van der Waals surface area contributed by atoms with Gasteiger partial charge in [0.15, 0.2) is 0 Å². The van der Waals surface area contributed by atoms with Crippen molar-refractivity contribution in [3.63, 3.8) is 0 Å². The molecule has 4 heterocycles. The second-order valence-corrected chi connectivity index (χ2v) is 8.10. The third-order valence-corrected chi connectivity index (χ3v) is 5.95. The quantitative estimate of drug-likeness (QED) is 0.743. The molecule has 0 unspecified atom stereocenters. The minimum absolute atomic E-state index is 0.347. The molecule has 2 aromatic rings. The molecule has 0 bridgehead atoms. The highest BCUT2D eigenvalue weighted by Gasteiger charge is 2.25. The first-order valence-corrected chi connectivity index (χ1v) is 10.3. The van der Waals surface area contributed by atoms with Crippen LogP contribution in [0.4, 0.5) is 10.7 Å². The molecule has 2 aliphatic heterocycles. The fourth-order valence-electron chi connectivity index (χ4n) is 3.60. The summed E-state index contributed by atoms with van der Waals surface area (Å²) < 4.78 is 5.12. The van der Waals surface area contributed by atoms with Crippen molar-refractivity contribution in [2.24, 2.45) is 5.92 Å². The van der Waals surface area contributed by atoms with Crippen molar-refractivity contribution in [3.8, 4) is 0 Å². The van der Waals surface area contributed by atoms with Crippen LogP contribution in [0.3, 0.4) is 0 Å². The monoisotopic (exact) mass is 398 g/mol. The standard InChI is InChI=1S/C20H22N4O3S/c25-18-17(28-20(26)23-18)12-16-4-8-21-19(22-16)24-9-5-14(6-10-24)2-1-3-15-7-11-27-13-15/h4,7-8,11-14H,1-3,5-6,9-10H2,(H,23,25,26)/b17-12-. The molecule has 0 atom stereocenters. The summed E-state index contributed by atoms with van der Waals surface area (Å²) in [4.78, 5) is 34.5. The number of hydrogen-bond acceptors (Lipinski definition) is 7. The lowest BCUT2D eigenvalue weighted by Crippen LogP contribution is -2.35. The summed E-state index contributed by atoms with van der Waals surface area (Å²) in [5.41, 5.74) is 1.91. The Morgan fingerprint density at radius 2 is 2.14 bits per heavy atom. The molecular weight excluding hydrogens is 376 g/mol. The SMILES string of the molecule is O=C1NC(=O)/C(=C/c2ccnc(N3CCC(CCCc4ccoc4)CC3)n2)S1. The number of carbonyl (C=O) groups is 2. The summed E-state index contributed by atoms with van der Waals surface area (Å²) in [5, 5.41) is 1.91. The Bertz CT molecular complexity index is 873. The zero-order chi connectivity index (χ0) is 19.3. The maximum absolute atomic E-state index is 11.7. The first-order valence-electron chi connectivity index (χ1n) is 9.51. The second kappa shape index (κ2) is 8.60. The molecule has 8 heteroatoms. The van der Waals surface area contributed by atoms with E-state index < -0.39 is 0 Å². The minimum Gasteiger partial charge on any atom is -0.472 e. The Labute approximate surface area is 167 Å². The van der Waals surface area contributed by atoms with Crippen LogP contribution in [0.15, 0.2) is 40.2 Å². The molecular formula is C20H22N4O3S. The van der Waals surface area contributed by atoms with Crippen LogP contribution in [-0.2, 0) is 11.2 Å². The normalized spacial score (nSPS) is 19.4. The number of thioether (sulfide) groups is 1. The Hall–Kier alpha value is -2.61. The van der Waals surface area contributed by atoms with Gasteiger partial charge in [-0.3, -0.25) is 14.9 Å². The van der Waals surface area contributed by atoms with Crippen LogP contribution >= 0.6 is 11.8 Å². The van der Waals surface area contributed by atoms with E-state index in [1.807, 2.05) is 12.3 Å². The van der Waals surface area contributed by atoms with E-state index in [9.17, 15) is 9.59 Å². The number of rotatable bonds is 6. The molecule has 4 rings (SSSR count). The number of hydrogen-bond donors (Lipinski definition) is 1. The lowest BCUT2D eigenvalue weighted by molar-refractivity contribution is -0.115. The van der Waals surface area contributed by atoms with Gasteiger partial charge in [0, 0.05) is 19.3 Å². The second-order valence-electron chi connectivity index (χ2n) is 7.09. The first-order chi connectivity index (χ1) is 13.7. The zero-order valence-electron chi connectivity index (χ0n) is 15.5. The van der Waals surface area contributed by atoms with Gasteiger partial charge < -0.3 is 9.32 Å². The van der Waals surface area contributed by atoms with Gasteiger partial charge in [0.05, 0.1) is 23.1 Å². The number of imide groups is 1. The predicted molar refractivity (Wildman–Crippen MR) is 108 cm³/mol. The van der Waals surface area contributed by atoms with Crippen molar-refractivity contribution in [2.45, 2.75) is 32.1 Å². The number of nitrogens with zero attached hydrogens (tertiary/aromatic N) is 3. The van der Waals surface area contributed by atoms with Crippen LogP contribution in [0.5, 0.6) is 0 Å². The van der Waals surface area contributed by atoms with Crippen molar-refractivity contribution >= 4 is 34.9 Å². The van der Waals surface area contributed by atoms with E-state index in [-0.39, 0.29) is 11.1 Å². The fraction of sp³-hybridized carbons (Fsp3) is 0.400. The molecule has 146 valence electrons. The smallest absolute Gasteiger partial charge is 0.290 e. The molecule has 28 heavy (non-hydrogen) atoms. The molecule has 0 spiro atoms. The van der Waals surface area contributed by atoms with E-state index in [0.29, 0.717) is 16.5 Å². The summed E-state index contributed by atoms with van der Waals surface area (Å²) in [6.45, 7) is 1.87. The molecule has 2 saturated heterocycles. The summed E-state index contributed by atoms with van der Waals surface area (Å²) in [6, 6.07) is 3.78. The maximum Gasteiger partial charge on any atom is 0.290 e. The van der Waals surface area contributed by atoms with Crippen LogP contribution in [0.1, 0.15) is 36.9 Å². The van der Waals surface area contributed by atoms with Crippen molar-refractivity contribution in [1.82, 2.24) is 15.3 Å². The Balaban J connectivity index is 1.30. The highest BCUT2D eigenvalue weighted by atomic mass is 32.2. The third-order valence-electron chi connectivity index (χ3n) is 5.14. The van der Waals surface area contributed by atoms with Crippen LogP contribution in [0.25, 0.3) is 6.08 Å². The van der Waals surface area contributed by atoms with Gasteiger partial charge in [-0.05, 0) is 73.6 Å². The number of furan rings is 1. The molecule has 0 aromatic carbocycles. The van der Waals surface area contributed by atoms with E-state index >= 15 is 0 Å². The molecule has 2 amide bonds. The number of amides is 2. The van der Waals surface area contributed by atoms with Crippen molar-refractivity contribution in [1.29, 1.82) is 0 Å². The van der Waals surface area contributed by atoms with Crippen LogP contribution in [-0.4, -0.2) is 34.2 Å². The number of nitrogens with one attached hydrogen (secondary N) is 1. The zero-order valence-corrected chi connectivity index (χ0v) is 16.3. The van der Waals surface area contributed by atoms with Crippen molar-refractivity contribution < 1.29 is 14.0 Å². The van der Waals surface area contributed by atoms with Gasteiger partial charge in [0.1, 0.15) is 0 Å². The number of anilines is 1. The van der Waals surface area contributed by atoms with Crippen molar-refractivity contribution in [3.05, 3.63) is 47.0 Å². The van der Waals surface area contributed by atoms with Gasteiger partial charge >= 0.3 is 0 Å². The summed E-state index contributed by atoms with van der Waals surface area (Å²) in [7, 11) is 0. The molecule has 7 nitrogen and oxygen atoms in total. The number of carbonyl (C=O) groups excluding carboxylic acids is 2. The van der Waals surface area contributed by atoms with E-state index in [0.717, 1.165) is 50.0 Å². The van der Waals surface area contributed by atoms with Gasteiger partial charge in [0.25, 0.3) is 11.1 Å². The Morgan fingerprint density at radius 3 is 2.86 bits per heavy atom. The Kier molecular flexibility index (Phi) is 5.76. The molecule has 0 aliphatic carbocycles. The van der Waals surface area contributed by atoms with Crippen LogP contribution in [0.2, 0.25) is 0 Å². The third kappa shape index (κ3) is 4.62. The lowest BCUT2D eigenvalue weighted by Gasteiger charge is -2.32. The van der Waals surface area contributed by atoms with E-state index in [1.165, 1.54) is 18.4 Å². The van der Waals surface area contributed by atoms with Gasteiger partial charge in [-0.2, -0.15) is 0 Å². The van der Waals surface area contributed by atoms with E-state index in [2.05, 4.69) is 20.2 Å². The molecule has 2 aromatic heterocycles. The molecule has 2 aliphatic rings. The topological polar surface area (TPSA) is 88.3 Å².